The Morgan fingerprint density at radius 1 is 1.11 bits per heavy atom. The van der Waals surface area contributed by atoms with Gasteiger partial charge in [0.15, 0.2) is 5.69 Å². The zero-order valence-electron chi connectivity index (χ0n) is 13.8. The molecule has 3 rings (SSSR count). The molecule has 0 radical (unpaired) electrons. The lowest BCUT2D eigenvalue weighted by molar-refractivity contribution is -0.141. The van der Waals surface area contributed by atoms with Gasteiger partial charge in [-0.05, 0) is 41.5 Å². The second kappa shape index (κ2) is 6.70. The highest BCUT2D eigenvalue weighted by Crippen LogP contribution is 2.39. The third-order valence-electron chi connectivity index (χ3n) is 3.95. The van der Waals surface area contributed by atoms with Gasteiger partial charge in [0, 0.05) is 17.6 Å². The first-order chi connectivity index (χ1) is 12.6. The summed E-state index contributed by atoms with van der Waals surface area (Å²) in [6.07, 6.45) is -4.87. The summed E-state index contributed by atoms with van der Waals surface area (Å²) in [6.45, 7) is 0. The van der Waals surface area contributed by atoms with Gasteiger partial charge in [0.05, 0.1) is 11.3 Å². The average molecular weight is 398 g/mol. The van der Waals surface area contributed by atoms with Crippen molar-refractivity contribution in [3.63, 3.8) is 0 Å². The molecule has 1 aromatic heterocycles. The molecule has 0 aliphatic rings. The largest absolute Gasteiger partial charge is 0.435 e. The highest BCUT2D eigenvalue weighted by atomic mass is 35.5. The van der Waals surface area contributed by atoms with Crippen molar-refractivity contribution < 1.29 is 22.4 Å². The van der Waals surface area contributed by atoms with Crippen LogP contribution in [0.25, 0.3) is 22.4 Å². The third kappa shape index (κ3) is 3.52. The van der Waals surface area contributed by atoms with E-state index in [1.807, 2.05) is 0 Å². The molecule has 140 valence electrons. The summed E-state index contributed by atoms with van der Waals surface area (Å²) < 4.78 is 54.6. The maximum Gasteiger partial charge on any atom is 0.435 e. The number of rotatable bonds is 3. The molecule has 2 aromatic carbocycles. The Balaban J connectivity index is 2.34. The van der Waals surface area contributed by atoms with E-state index in [-0.39, 0.29) is 16.8 Å². The Kier molecular flexibility index (Phi) is 4.69. The molecule has 3 aromatic rings. The van der Waals surface area contributed by atoms with Crippen LogP contribution in [0.5, 0.6) is 0 Å². The molecule has 0 aliphatic heterocycles. The molecule has 1 heterocycles. The van der Waals surface area contributed by atoms with Crippen LogP contribution in [0.3, 0.4) is 0 Å². The van der Waals surface area contributed by atoms with Gasteiger partial charge in [0.25, 0.3) is 5.91 Å². The lowest BCUT2D eigenvalue weighted by Gasteiger charge is -2.12. The Morgan fingerprint density at radius 3 is 2.30 bits per heavy atom. The first-order valence-corrected chi connectivity index (χ1v) is 7.97. The van der Waals surface area contributed by atoms with E-state index in [1.165, 1.54) is 13.1 Å². The molecule has 2 N–H and O–H groups in total. The van der Waals surface area contributed by atoms with Crippen LogP contribution < -0.4 is 5.73 Å². The van der Waals surface area contributed by atoms with Gasteiger partial charge in [-0.15, -0.1) is 0 Å². The lowest BCUT2D eigenvalue weighted by atomic mass is 9.94. The van der Waals surface area contributed by atoms with Crippen LogP contribution in [0.2, 0.25) is 5.02 Å². The van der Waals surface area contributed by atoms with Gasteiger partial charge < -0.3 is 5.73 Å². The predicted molar refractivity (Wildman–Crippen MR) is 92.6 cm³/mol. The fourth-order valence-electron chi connectivity index (χ4n) is 2.86. The maximum absolute atomic E-state index is 13.9. The quantitative estimate of drug-likeness (QED) is 0.653. The first kappa shape index (κ1) is 18.9. The molecule has 0 saturated heterocycles. The number of halogens is 5. The summed E-state index contributed by atoms with van der Waals surface area (Å²) in [5.74, 6) is -1.88. The summed E-state index contributed by atoms with van der Waals surface area (Å²) in [4.78, 5) is 11.8. The minimum atomic E-state index is -4.87. The van der Waals surface area contributed by atoms with Gasteiger partial charge >= 0.3 is 6.18 Å². The van der Waals surface area contributed by atoms with Crippen molar-refractivity contribution in [2.45, 2.75) is 6.18 Å². The molecule has 1 amide bonds. The zero-order valence-corrected chi connectivity index (χ0v) is 14.6. The van der Waals surface area contributed by atoms with Gasteiger partial charge in [-0.3, -0.25) is 9.48 Å². The summed E-state index contributed by atoms with van der Waals surface area (Å²) in [5.41, 5.74) is 3.85. The average Bonchev–Trinajstić information content (AvgIpc) is 2.93. The number of amides is 1. The fraction of sp³-hybridized carbons (Fsp3) is 0.111. The molecule has 0 bridgehead atoms. The molecule has 0 fully saturated rings. The summed E-state index contributed by atoms with van der Waals surface area (Å²) in [7, 11) is 1.26. The van der Waals surface area contributed by atoms with E-state index in [4.69, 9.17) is 17.3 Å². The summed E-state index contributed by atoms with van der Waals surface area (Å²) in [5, 5.41) is 3.87. The minimum Gasteiger partial charge on any atom is -0.365 e. The Labute approximate surface area is 156 Å². The van der Waals surface area contributed by atoms with Crippen molar-refractivity contribution in [1.82, 2.24) is 9.78 Å². The zero-order chi connectivity index (χ0) is 19.9. The van der Waals surface area contributed by atoms with Crippen LogP contribution >= 0.6 is 11.6 Å². The Bertz CT molecular complexity index is 1030. The monoisotopic (exact) mass is 397 g/mol. The topological polar surface area (TPSA) is 60.9 Å². The highest BCUT2D eigenvalue weighted by Gasteiger charge is 2.41. The molecular formula is C18H12ClF4N3O. The third-order valence-corrected chi connectivity index (χ3v) is 4.21. The van der Waals surface area contributed by atoms with Crippen molar-refractivity contribution in [3.05, 3.63) is 64.6 Å². The van der Waals surface area contributed by atoms with Crippen LogP contribution in [0.15, 0.2) is 42.5 Å². The smallest absolute Gasteiger partial charge is 0.365 e. The van der Waals surface area contributed by atoms with Gasteiger partial charge in [0.2, 0.25) is 0 Å². The SMILES string of the molecule is Cn1nc(C(F)(F)F)c(C(N)=O)c1-c1ccc(F)cc1-c1ccc(Cl)cc1. The molecule has 0 aliphatic carbocycles. The van der Waals surface area contributed by atoms with E-state index in [9.17, 15) is 22.4 Å². The van der Waals surface area contributed by atoms with E-state index < -0.39 is 29.2 Å². The molecular weight excluding hydrogens is 386 g/mol. The highest BCUT2D eigenvalue weighted by molar-refractivity contribution is 6.30. The molecule has 27 heavy (non-hydrogen) atoms. The van der Waals surface area contributed by atoms with Gasteiger partial charge in [-0.1, -0.05) is 23.7 Å². The van der Waals surface area contributed by atoms with Crippen LogP contribution in [-0.2, 0) is 13.2 Å². The van der Waals surface area contributed by atoms with Crippen LogP contribution in [0.1, 0.15) is 16.1 Å². The number of aryl methyl sites for hydroxylation is 1. The van der Waals surface area contributed by atoms with E-state index in [0.717, 1.165) is 16.8 Å². The number of hydrogen-bond acceptors (Lipinski definition) is 2. The lowest BCUT2D eigenvalue weighted by Crippen LogP contribution is -2.18. The van der Waals surface area contributed by atoms with E-state index >= 15 is 0 Å². The van der Waals surface area contributed by atoms with Crippen molar-refractivity contribution in [2.24, 2.45) is 12.8 Å². The van der Waals surface area contributed by atoms with E-state index in [0.29, 0.717) is 10.6 Å². The van der Waals surface area contributed by atoms with Gasteiger partial charge in [-0.25, -0.2) is 4.39 Å². The molecule has 0 atom stereocenters. The van der Waals surface area contributed by atoms with Crippen molar-refractivity contribution >= 4 is 17.5 Å². The van der Waals surface area contributed by atoms with E-state index in [1.54, 1.807) is 24.3 Å². The van der Waals surface area contributed by atoms with Gasteiger partial charge in [0.1, 0.15) is 5.82 Å². The molecule has 0 unspecified atom stereocenters. The number of nitrogens with two attached hydrogens (primary N) is 1. The minimum absolute atomic E-state index is 0.153. The maximum atomic E-state index is 13.9. The molecule has 0 saturated carbocycles. The standard InChI is InChI=1S/C18H12ClF4N3O/c1-26-15(14(17(24)27)16(25-26)18(21,22)23)12-7-6-11(20)8-13(12)9-2-4-10(19)5-3-9/h2-8H,1H3,(H2,24,27). The van der Waals surface area contributed by atoms with Crippen LogP contribution in [-0.4, -0.2) is 15.7 Å². The number of aromatic nitrogens is 2. The number of nitrogens with zero attached hydrogens (tertiary/aromatic N) is 2. The second-order valence-corrected chi connectivity index (χ2v) is 6.19. The van der Waals surface area contributed by atoms with Crippen molar-refractivity contribution in [2.75, 3.05) is 0 Å². The first-order valence-electron chi connectivity index (χ1n) is 7.59. The summed E-state index contributed by atoms with van der Waals surface area (Å²) >= 11 is 5.86. The second-order valence-electron chi connectivity index (χ2n) is 5.75. The van der Waals surface area contributed by atoms with Crippen LogP contribution in [0, 0.1) is 5.82 Å². The number of benzene rings is 2. The van der Waals surface area contributed by atoms with Gasteiger partial charge in [-0.2, -0.15) is 18.3 Å². The van der Waals surface area contributed by atoms with Crippen molar-refractivity contribution in [3.8, 4) is 22.4 Å². The van der Waals surface area contributed by atoms with E-state index in [2.05, 4.69) is 5.10 Å². The van der Waals surface area contributed by atoms with Crippen molar-refractivity contribution in [1.29, 1.82) is 0 Å². The predicted octanol–water partition coefficient (Wildman–Crippen LogP) is 4.66. The molecule has 9 heteroatoms. The number of carbonyl (C=O) groups is 1. The normalized spacial score (nSPS) is 11.6. The number of alkyl halides is 3. The Hall–Kier alpha value is -2.87. The number of primary amides is 1. The van der Waals surface area contributed by atoms with Crippen LogP contribution in [0.4, 0.5) is 17.6 Å². The number of hydrogen-bond donors (Lipinski definition) is 1. The fourth-order valence-corrected chi connectivity index (χ4v) is 2.98. The molecule has 4 nitrogen and oxygen atoms in total. The number of carbonyl (C=O) groups excluding carboxylic acids is 1. The summed E-state index contributed by atoms with van der Waals surface area (Å²) in [6, 6.07) is 9.82. The molecule has 0 spiro atoms. The Morgan fingerprint density at radius 2 is 1.74 bits per heavy atom.